The van der Waals surface area contributed by atoms with Crippen molar-refractivity contribution in [3.05, 3.63) is 71.5 Å². The maximum atomic E-state index is 13.5. The van der Waals surface area contributed by atoms with Crippen molar-refractivity contribution >= 4 is 5.91 Å². The predicted octanol–water partition coefficient (Wildman–Crippen LogP) is 2.73. The summed E-state index contributed by atoms with van der Waals surface area (Å²) >= 11 is 0. The SMILES string of the molecule is O=C(Cc1ccccc1)N(CCN1CCOCC1)Cc1cccc(F)c1. The van der Waals surface area contributed by atoms with Gasteiger partial charge in [-0.05, 0) is 23.3 Å². The van der Waals surface area contributed by atoms with Crippen LogP contribution in [-0.4, -0.2) is 55.1 Å². The van der Waals surface area contributed by atoms with E-state index < -0.39 is 0 Å². The monoisotopic (exact) mass is 356 g/mol. The number of carbonyl (C=O) groups is 1. The molecule has 0 N–H and O–H groups in total. The Balaban J connectivity index is 1.66. The molecule has 0 saturated carbocycles. The van der Waals surface area contributed by atoms with Crippen molar-refractivity contribution in [3.8, 4) is 0 Å². The second kappa shape index (κ2) is 9.46. The molecule has 0 unspecified atom stereocenters. The second-order valence-electron chi connectivity index (χ2n) is 6.56. The fourth-order valence-corrected chi connectivity index (χ4v) is 3.12. The largest absolute Gasteiger partial charge is 0.379 e. The summed E-state index contributed by atoms with van der Waals surface area (Å²) in [5, 5.41) is 0. The second-order valence-corrected chi connectivity index (χ2v) is 6.56. The lowest BCUT2D eigenvalue weighted by Crippen LogP contribution is -2.43. The Labute approximate surface area is 154 Å². The van der Waals surface area contributed by atoms with E-state index in [1.54, 1.807) is 6.07 Å². The van der Waals surface area contributed by atoms with Crippen LogP contribution in [0.5, 0.6) is 0 Å². The standard InChI is InChI=1S/C21H25FN2O2/c22-20-8-4-7-19(15-20)17-24(10-9-23-11-13-26-14-12-23)21(25)16-18-5-2-1-3-6-18/h1-8,15H,9-14,16-17H2. The zero-order valence-corrected chi connectivity index (χ0v) is 14.9. The zero-order chi connectivity index (χ0) is 18.2. The number of nitrogens with zero attached hydrogens (tertiary/aromatic N) is 2. The number of hydrogen-bond donors (Lipinski definition) is 0. The van der Waals surface area contributed by atoms with Crippen LogP contribution < -0.4 is 0 Å². The Morgan fingerprint density at radius 3 is 2.50 bits per heavy atom. The number of rotatable bonds is 7. The van der Waals surface area contributed by atoms with Gasteiger partial charge in [-0.1, -0.05) is 42.5 Å². The van der Waals surface area contributed by atoms with E-state index >= 15 is 0 Å². The normalized spacial score (nSPS) is 15.0. The summed E-state index contributed by atoms with van der Waals surface area (Å²) in [4.78, 5) is 17.0. The van der Waals surface area contributed by atoms with Crippen molar-refractivity contribution in [2.24, 2.45) is 0 Å². The molecule has 0 atom stereocenters. The minimum atomic E-state index is -0.272. The van der Waals surface area contributed by atoms with Gasteiger partial charge in [0.1, 0.15) is 5.82 Å². The minimum absolute atomic E-state index is 0.0636. The third-order valence-corrected chi connectivity index (χ3v) is 4.60. The molecule has 2 aromatic carbocycles. The molecule has 2 aromatic rings. The zero-order valence-electron chi connectivity index (χ0n) is 14.9. The Hall–Kier alpha value is -2.24. The lowest BCUT2D eigenvalue weighted by Gasteiger charge is -2.30. The molecule has 0 bridgehead atoms. The number of carbonyl (C=O) groups excluding carboxylic acids is 1. The summed E-state index contributed by atoms with van der Waals surface area (Å²) in [7, 11) is 0. The molecule has 0 aromatic heterocycles. The molecule has 0 radical (unpaired) electrons. The molecule has 3 rings (SSSR count). The molecular weight excluding hydrogens is 331 g/mol. The Morgan fingerprint density at radius 1 is 1.04 bits per heavy atom. The van der Waals surface area contributed by atoms with Crippen molar-refractivity contribution in [2.45, 2.75) is 13.0 Å². The van der Waals surface area contributed by atoms with Gasteiger partial charge in [-0.2, -0.15) is 0 Å². The van der Waals surface area contributed by atoms with E-state index in [9.17, 15) is 9.18 Å². The number of benzene rings is 2. The van der Waals surface area contributed by atoms with E-state index in [4.69, 9.17) is 4.74 Å². The minimum Gasteiger partial charge on any atom is -0.379 e. The lowest BCUT2D eigenvalue weighted by atomic mass is 10.1. The first-order valence-corrected chi connectivity index (χ1v) is 9.07. The smallest absolute Gasteiger partial charge is 0.227 e. The average Bonchev–Trinajstić information content (AvgIpc) is 2.67. The van der Waals surface area contributed by atoms with E-state index in [0.717, 1.165) is 44.0 Å². The van der Waals surface area contributed by atoms with Crippen molar-refractivity contribution < 1.29 is 13.9 Å². The first-order valence-electron chi connectivity index (χ1n) is 9.07. The maximum absolute atomic E-state index is 13.5. The molecule has 0 aliphatic carbocycles. The van der Waals surface area contributed by atoms with Gasteiger partial charge in [0.15, 0.2) is 0 Å². The number of hydrogen-bond acceptors (Lipinski definition) is 3. The molecule has 5 heteroatoms. The van der Waals surface area contributed by atoms with Gasteiger partial charge < -0.3 is 9.64 Å². The first kappa shape index (κ1) is 18.5. The summed E-state index contributed by atoms with van der Waals surface area (Å²) in [5.74, 6) is -0.208. The molecule has 1 saturated heterocycles. The molecule has 1 heterocycles. The highest BCUT2D eigenvalue weighted by atomic mass is 19.1. The van der Waals surface area contributed by atoms with Crippen LogP contribution in [0, 0.1) is 5.82 Å². The van der Waals surface area contributed by atoms with E-state index in [1.807, 2.05) is 41.3 Å². The van der Waals surface area contributed by atoms with Crippen LogP contribution in [0.4, 0.5) is 4.39 Å². The van der Waals surface area contributed by atoms with Crippen LogP contribution in [0.25, 0.3) is 0 Å². The summed E-state index contributed by atoms with van der Waals surface area (Å²) in [6.45, 7) is 5.11. The Kier molecular flexibility index (Phi) is 6.75. The quantitative estimate of drug-likeness (QED) is 0.765. The first-order chi connectivity index (χ1) is 12.7. The van der Waals surface area contributed by atoms with Gasteiger partial charge >= 0.3 is 0 Å². The Bertz CT molecular complexity index is 702. The number of amides is 1. The fourth-order valence-electron chi connectivity index (χ4n) is 3.12. The molecule has 1 aliphatic rings. The molecular formula is C21H25FN2O2. The molecule has 0 spiro atoms. The van der Waals surface area contributed by atoms with Gasteiger partial charge in [0.25, 0.3) is 0 Å². The van der Waals surface area contributed by atoms with Crippen LogP contribution >= 0.6 is 0 Å². The van der Waals surface area contributed by atoms with Gasteiger partial charge in [-0.25, -0.2) is 4.39 Å². The average molecular weight is 356 g/mol. The fraction of sp³-hybridized carbons (Fsp3) is 0.381. The van der Waals surface area contributed by atoms with Gasteiger partial charge in [-0.15, -0.1) is 0 Å². The third-order valence-electron chi connectivity index (χ3n) is 4.60. The topological polar surface area (TPSA) is 32.8 Å². The summed E-state index contributed by atoms with van der Waals surface area (Å²) in [6, 6.07) is 16.2. The Morgan fingerprint density at radius 2 is 1.77 bits per heavy atom. The number of ether oxygens (including phenoxy) is 1. The van der Waals surface area contributed by atoms with Crippen LogP contribution in [0.1, 0.15) is 11.1 Å². The maximum Gasteiger partial charge on any atom is 0.227 e. The van der Waals surface area contributed by atoms with Crippen molar-refractivity contribution in [3.63, 3.8) is 0 Å². The summed E-state index contributed by atoms with van der Waals surface area (Å²) in [5.41, 5.74) is 1.81. The molecule has 138 valence electrons. The van der Waals surface area contributed by atoms with E-state index in [1.165, 1.54) is 12.1 Å². The summed E-state index contributed by atoms with van der Waals surface area (Å²) < 4.78 is 18.9. The highest BCUT2D eigenvalue weighted by molar-refractivity contribution is 5.78. The van der Waals surface area contributed by atoms with Gasteiger partial charge in [-0.3, -0.25) is 9.69 Å². The third kappa shape index (κ3) is 5.64. The predicted molar refractivity (Wildman–Crippen MR) is 99.2 cm³/mol. The highest BCUT2D eigenvalue weighted by Crippen LogP contribution is 2.11. The number of morpholine rings is 1. The van der Waals surface area contributed by atoms with E-state index in [-0.39, 0.29) is 11.7 Å². The van der Waals surface area contributed by atoms with Gasteiger partial charge in [0.05, 0.1) is 19.6 Å². The van der Waals surface area contributed by atoms with Crippen molar-refractivity contribution in [2.75, 3.05) is 39.4 Å². The van der Waals surface area contributed by atoms with Crippen LogP contribution in [0.2, 0.25) is 0 Å². The molecule has 26 heavy (non-hydrogen) atoms. The van der Waals surface area contributed by atoms with Crippen LogP contribution in [0.3, 0.4) is 0 Å². The van der Waals surface area contributed by atoms with Crippen LogP contribution in [0.15, 0.2) is 54.6 Å². The van der Waals surface area contributed by atoms with E-state index in [0.29, 0.717) is 19.5 Å². The summed E-state index contributed by atoms with van der Waals surface area (Å²) in [6.07, 6.45) is 0.360. The molecule has 1 fully saturated rings. The van der Waals surface area contributed by atoms with Gasteiger partial charge in [0.2, 0.25) is 5.91 Å². The molecule has 4 nitrogen and oxygen atoms in total. The highest BCUT2D eigenvalue weighted by Gasteiger charge is 2.17. The van der Waals surface area contributed by atoms with Crippen molar-refractivity contribution in [1.82, 2.24) is 9.80 Å². The van der Waals surface area contributed by atoms with Gasteiger partial charge in [0, 0.05) is 32.7 Å². The van der Waals surface area contributed by atoms with Crippen molar-refractivity contribution in [1.29, 1.82) is 0 Å². The van der Waals surface area contributed by atoms with E-state index in [2.05, 4.69) is 4.90 Å². The molecule has 1 aliphatic heterocycles. The number of halogens is 1. The molecule has 1 amide bonds. The lowest BCUT2D eigenvalue weighted by molar-refractivity contribution is -0.131. The van der Waals surface area contributed by atoms with Crippen LogP contribution in [-0.2, 0) is 22.5 Å².